The van der Waals surface area contributed by atoms with Gasteiger partial charge in [0, 0.05) is 30.9 Å². The van der Waals surface area contributed by atoms with Crippen LogP contribution in [-0.4, -0.2) is 36.9 Å². The molecular formula is C14H22N2O. The van der Waals surface area contributed by atoms with Gasteiger partial charge in [0.25, 0.3) is 0 Å². The lowest BCUT2D eigenvalue weighted by Crippen LogP contribution is -2.57. The minimum Gasteiger partial charge on any atom is -0.395 e. The fourth-order valence-corrected chi connectivity index (χ4v) is 2.42. The van der Waals surface area contributed by atoms with Crippen LogP contribution in [0.25, 0.3) is 0 Å². The van der Waals surface area contributed by atoms with Crippen LogP contribution in [0.3, 0.4) is 0 Å². The van der Waals surface area contributed by atoms with E-state index < -0.39 is 0 Å². The highest BCUT2D eigenvalue weighted by Gasteiger charge is 2.25. The van der Waals surface area contributed by atoms with Gasteiger partial charge in [0.1, 0.15) is 0 Å². The van der Waals surface area contributed by atoms with Crippen LogP contribution in [0.2, 0.25) is 0 Å². The minimum absolute atomic E-state index is 0.186. The molecule has 1 aromatic rings. The number of nitrogens with zero attached hydrogens (tertiary/aromatic N) is 1. The molecule has 1 aliphatic rings. The van der Waals surface area contributed by atoms with E-state index in [4.69, 9.17) is 0 Å². The van der Waals surface area contributed by atoms with E-state index in [9.17, 15) is 5.11 Å². The van der Waals surface area contributed by atoms with E-state index in [1.54, 1.807) is 0 Å². The molecule has 1 aliphatic heterocycles. The molecule has 2 rings (SSSR count). The molecule has 17 heavy (non-hydrogen) atoms. The monoisotopic (exact) mass is 234 g/mol. The van der Waals surface area contributed by atoms with Gasteiger partial charge in [-0.05, 0) is 38.0 Å². The first-order valence-corrected chi connectivity index (χ1v) is 6.30. The van der Waals surface area contributed by atoms with Gasteiger partial charge in [-0.2, -0.15) is 0 Å². The predicted octanol–water partition coefficient (Wildman–Crippen LogP) is 1.46. The highest BCUT2D eigenvalue weighted by atomic mass is 16.3. The quantitative estimate of drug-likeness (QED) is 0.813. The van der Waals surface area contributed by atoms with E-state index in [1.807, 2.05) is 0 Å². The maximum Gasteiger partial charge on any atom is 0.0601 e. The van der Waals surface area contributed by atoms with Crippen LogP contribution in [0.15, 0.2) is 18.2 Å². The lowest BCUT2D eigenvalue weighted by Gasteiger charge is -2.40. The third-order valence-electron chi connectivity index (χ3n) is 3.55. The summed E-state index contributed by atoms with van der Waals surface area (Å²) in [6, 6.07) is 7.22. The second kappa shape index (κ2) is 5.07. The van der Waals surface area contributed by atoms with Gasteiger partial charge in [-0.3, -0.25) is 0 Å². The van der Waals surface area contributed by atoms with Crippen LogP contribution in [0.5, 0.6) is 0 Å². The Morgan fingerprint density at radius 3 is 2.88 bits per heavy atom. The first-order chi connectivity index (χ1) is 8.11. The van der Waals surface area contributed by atoms with E-state index in [2.05, 4.69) is 49.2 Å². The molecule has 2 atom stereocenters. The van der Waals surface area contributed by atoms with Gasteiger partial charge in [-0.25, -0.2) is 0 Å². The Kier molecular flexibility index (Phi) is 3.69. The Balaban J connectivity index is 2.27. The van der Waals surface area contributed by atoms with Gasteiger partial charge in [0.2, 0.25) is 0 Å². The Bertz CT molecular complexity index is 392. The van der Waals surface area contributed by atoms with Crippen LogP contribution in [-0.2, 0) is 0 Å². The van der Waals surface area contributed by atoms with Crippen molar-refractivity contribution in [3.05, 3.63) is 29.3 Å². The maximum absolute atomic E-state index is 9.28. The summed E-state index contributed by atoms with van der Waals surface area (Å²) in [5.74, 6) is 0. The maximum atomic E-state index is 9.28. The number of aryl methyl sites for hydroxylation is 2. The summed E-state index contributed by atoms with van der Waals surface area (Å²) in [5.41, 5.74) is 3.90. The topological polar surface area (TPSA) is 35.5 Å². The van der Waals surface area contributed by atoms with Crippen molar-refractivity contribution in [2.24, 2.45) is 0 Å². The molecule has 1 fully saturated rings. The molecule has 1 heterocycles. The van der Waals surface area contributed by atoms with Gasteiger partial charge in [0.15, 0.2) is 0 Å². The van der Waals surface area contributed by atoms with E-state index in [1.165, 1.54) is 16.8 Å². The largest absolute Gasteiger partial charge is 0.395 e. The van der Waals surface area contributed by atoms with Crippen molar-refractivity contribution in [3.8, 4) is 0 Å². The second-order valence-electron chi connectivity index (χ2n) is 5.08. The summed E-state index contributed by atoms with van der Waals surface area (Å²) < 4.78 is 0. The predicted molar refractivity (Wildman–Crippen MR) is 71.6 cm³/mol. The molecule has 1 saturated heterocycles. The number of benzene rings is 1. The number of nitrogens with one attached hydrogen (secondary N) is 1. The van der Waals surface area contributed by atoms with Crippen molar-refractivity contribution in [1.82, 2.24) is 5.32 Å². The Morgan fingerprint density at radius 2 is 2.18 bits per heavy atom. The van der Waals surface area contributed by atoms with Crippen molar-refractivity contribution < 1.29 is 5.11 Å². The van der Waals surface area contributed by atoms with E-state index in [-0.39, 0.29) is 12.6 Å². The summed E-state index contributed by atoms with van der Waals surface area (Å²) in [7, 11) is 0. The average Bonchev–Trinajstić information content (AvgIpc) is 2.33. The average molecular weight is 234 g/mol. The summed E-state index contributed by atoms with van der Waals surface area (Å²) in [4.78, 5) is 2.40. The lowest BCUT2D eigenvalue weighted by molar-refractivity contribution is 0.227. The molecule has 3 heteroatoms. The normalized spacial score (nSPS) is 25.1. The van der Waals surface area contributed by atoms with Crippen molar-refractivity contribution in [2.45, 2.75) is 32.9 Å². The number of aliphatic hydroxyl groups excluding tert-OH is 1. The van der Waals surface area contributed by atoms with E-state index in [0.29, 0.717) is 6.04 Å². The third-order valence-corrected chi connectivity index (χ3v) is 3.55. The molecule has 94 valence electrons. The van der Waals surface area contributed by atoms with Crippen LogP contribution in [0.4, 0.5) is 5.69 Å². The summed E-state index contributed by atoms with van der Waals surface area (Å²) in [6.07, 6.45) is 0. The fourth-order valence-electron chi connectivity index (χ4n) is 2.42. The minimum atomic E-state index is 0.186. The van der Waals surface area contributed by atoms with Crippen LogP contribution >= 0.6 is 0 Å². The molecule has 0 spiro atoms. The lowest BCUT2D eigenvalue weighted by atomic mass is 10.0. The van der Waals surface area contributed by atoms with Gasteiger partial charge in [-0.1, -0.05) is 12.1 Å². The van der Waals surface area contributed by atoms with Gasteiger partial charge >= 0.3 is 0 Å². The molecule has 3 nitrogen and oxygen atoms in total. The Morgan fingerprint density at radius 1 is 1.41 bits per heavy atom. The number of hydrogen-bond acceptors (Lipinski definition) is 3. The Labute approximate surface area is 103 Å². The third kappa shape index (κ3) is 2.61. The summed E-state index contributed by atoms with van der Waals surface area (Å²) in [5, 5.41) is 12.6. The van der Waals surface area contributed by atoms with Crippen LogP contribution in [0, 0.1) is 13.8 Å². The van der Waals surface area contributed by atoms with Crippen LogP contribution < -0.4 is 10.2 Å². The molecule has 0 aliphatic carbocycles. The molecule has 0 radical (unpaired) electrons. The summed E-state index contributed by atoms with van der Waals surface area (Å²) >= 11 is 0. The fraction of sp³-hybridized carbons (Fsp3) is 0.571. The molecule has 2 N–H and O–H groups in total. The smallest absolute Gasteiger partial charge is 0.0601 e. The van der Waals surface area contributed by atoms with Crippen molar-refractivity contribution in [3.63, 3.8) is 0 Å². The Hall–Kier alpha value is -1.06. The molecular weight excluding hydrogens is 212 g/mol. The van der Waals surface area contributed by atoms with Gasteiger partial charge in [-0.15, -0.1) is 0 Å². The van der Waals surface area contributed by atoms with Crippen molar-refractivity contribution >= 4 is 5.69 Å². The number of hydrogen-bond donors (Lipinski definition) is 2. The first kappa shape index (κ1) is 12.4. The zero-order valence-electron chi connectivity index (χ0n) is 10.9. The first-order valence-electron chi connectivity index (χ1n) is 6.30. The number of aliphatic hydroxyl groups is 1. The highest BCUT2D eigenvalue weighted by molar-refractivity contribution is 5.56. The zero-order valence-corrected chi connectivity index (χ0v) is 10.9. The summed E-state index contributed by atoms with van der Waals surface area (Å²) in [6.45, 7) is 8.51. The zero-order chi connectivity index (χ0) is 12.4. The number of rotatable bonds is 2. The molecule has 0 amide bonds. The SMILES string of the molecule is Cc1ccc(C)c(N2CC(CO)NCC2C)c1. The molecule has 1 aromatic carbocycles. The van der Waals surface area contributed by atoms with Crippen molar-refractivity contribution in [1.29, 1.82) is 0 Å². The van der Waals surface area contributed by atoms with Crippen molar-refractivity contribution in [2.75, 3.05) is 24.6 Å². The van der Waals surface area contributed by atoms with Gasteiger partial charge < -0.3 is 15.3 Å². The molecule has 2 unspecified atom stereocenters. The van der Waals surface area contributed by atoms with Gasteiger partial charge in [0.05, 0.1) is 6.61 Å². The van der Waals surface area contributed by atoms with E-state index >= 15 is 0 Å². The number of anilines is 1. The molecule has 0 aromatic heterocycles. The molecule has 0 bridgehead atoms. The van der Waals surface area contributed by atoms with Crippen LogP contribution in [0.1, 0.15) is 18.1 Å². The number of piperazine rings is 1. The highest BCUT2D eigenvalue weighted by Crippen LogP contribution is 2.25. The second-order valence-corrected chi connectivity index (χ2v) is 5.08. The standard InChI is InChI=1S/C14H22N2O/c1-10-4-5-11(2)14(6-10)16-8-13(9-17)15-7-12(16)3/h4-6,12-13,15,17H,7-9H2,1-3H3. The van der Waals surface area contributed by atoms with E-state index in [0.717, 1.165) is 13.1 Å². The molecule has 0 saturated carbocycles.